The van der Waals surface area contributed by atoms with Gasteiger partial charge in [-0.3, -0.25) is 4.79 Å². The molecular formula is C22H14F3N5O2. The van der Waals surface area contributed by atoms with E-state index in [0.717, 1.165) is 0 Å². The van der Waals surface area contributed by atoms with E-state index in [2.05, 4.69) is 14.8 Å². The van der Waals surface area contributed by atoms with Gasteiger partial charge in [-0.1, -0.05) is 6.07 Å². The number of pyridine rings is 2. The van der Waals surface area contributed by atoms with Crippen molar-refractivity contribution in [3.63, 3.8) is 0 Å². The van der Waals surface area contributed by atoms with E-state index < -0.39 is 12.4 Å². The van der Waals surface area contributed by atoms with Crippen LogP contribution in [0.1, 0.15) is 5.56 Å². The van der Waals surface area contributed by atoms with Crippen LogP contribution >= 0.6 is 0 Å². The van der Waals surface area contributed by atoms with Crippen molar-refractivity contribution in [2.75, 3.05) is 0 Å². The van der Waals surface area contributed by atoms with E-state index in [9.17, 15) is 23.2 Å². The Kier molecular flexibility index (Phi) is 5.47. The lowest BCUT2D eigenvalue weighted by Gasteiger charge is -2.11. The molecule has 1 aromatic carbocycles. The Balaban J connectivity index is 1.81. The van der Waals surface area contributed by atoms with Gasteiger partial charge < -0.3 is 9.30 Å². The Bertz CT molecular complexity index is 1390. The maximum Gasteiger partial charge on any atom is 0.388 e. The van der Waals surface area contributed by atoms with Crippen LogP contribution < -0.4 is 10.3 Å². The van der Waals surface area contributed by atoms with Crippen molar-refractivity contribution in [2.45, 2.75) is 6.61 Å². The average Bonchev–Trinajstić information content (AvgIpc) is 3.25. The van der Waals surface area contributed by atoms with E-state index in [1.807, 2.05) is 6.07 Å². The summed E-state index contributed by atoms with van der Waals surface area (Å²) in [4.78, 5) is 16.1. The van der Waals surface area contributed by atoms with Crippen LogP contribution in [0, 0.1) is 17.1 Å². The first-order valence-corrected chi connectivity index (χ1v) is 9.23. The van der Waals surface area contributed by atoms with E-state index >= 15 is 0 Å². The van der Waals surface area contributed by atoms with Crippen molar-refractivity contribution in [3.8, 4) is 39.9 Å². The molecule has 10 heteroatoms. The Labute approximate surface area is 179 Å². The Morgan fingerprint density at radius 2 is 1.91 bits per heavy atom. The number of halogens is 3. The molecule has 32 heavy (non-hydrogen) atoms. The lowest BCUT2D eigenvalue weighted by molar-refractivity contribution is -0.0528. The summed E-state index contributed by atoms with van der Waals surface area (Å²) in [6.45, 7) is -3.00. The van der Waals surface area contributed by atoms with Crippen molar-refractivity contribution >= 4 is 0 Å². The highest BCUT2D eigenvalue weighted by atomic mass is 19.3. The number of hydrogen-bond acceptors (Lipinski definition) is 5. The number of rotatable bonds is 5. The zero-order valence-corrected chi connectivity index (χ0v) is 16.5. The van der Waals surface area contributed by atoms with Crippen LogP contribution in [-0.2, 0) is 7.05 Å². The molecule has 3 heterocycles. The fraction of sp³-hybridized carbons (Fsp3) is 0.0909. The first-order chi connectivity index (χ1) is 15.4. The lowest BCUT2D eigenvalue weighted by atomic mass is 9.99. The summed E-state index contributed by atoms with van der Waals surface area (Å²) in [6, 6.07) is 10.2. The van der Waals surface area contributed by atoms with Gasteiger partial charge in [0.2, 0.25) is 5.88 Å². The fourth-order valence-electron chi connectivity index (χ4n) is 3.21. The summed E-state index contributed by atoms with van der Waals surface area (Å²) in [7, 11) is 1.58. The Hall–Kier alpha value is -4.39. The minimum atomic E-state index is -3.00. The van der Waals surface area contributed by atoms with E-state index in [4.69, 9.17) is 0 Å². The van der Waals surface area contributed by atoms with Crippen LogP contribution in [0.15, 0.2) is 66.0 Å². The second-order valence-corrected chi connectivity index (χ2v) is 6.73. The quantitative estimate of drug-likeness (QED) is 0.473. The lowest BCUT2D eigenvalue weighted by Crippen LogP contribution is -2.15. The molecule has 0 bridgehead atoms. The molecule has 0 N–H and O–H groups in total. The van der Waals surface area contributed by atoms with Crippen LogP contribution in [0.3, 0.4) is 0 Å². The zero-order chi connectivity index (χ0) is 22.8. The molecule has 0 fully saturated rings. The second-order valence-electron chi connectivity index (χ2n) is 6.73. The molecule has 0 atom stereocenters. The number of nitrogens with zero attached hydrogens (tertiary/aromatic N) is 5. The molecule has 4 aromatic rings. The van der Waals surface area contributed by atoms with Gasteiger partial charge in [-0.05, 0) is 23.8 Å². The summed E-state index contributed by atoms with van der Waals surface area (Å²) in [5.41, 5.74) is 1.98. The molecule has 0 amide bonds. The smallest absolute Gasteiger partial charge is 0.388 e. The van der Waals surface area contributed by atoms with Crippen LogP contribution in [0.4, 0.5) is 13.2 Å². The predicted molar refractivity (Wildman–Crippen MR) is 109 cm³/mol. The average molecular weight is 437 g/mol. The monoisotopic (exact) mass is 437 g/mol. The van der Waals surface area contributed by atoms with E-state index in [1.165, 1.54) is 52.0 Å². The second kappa shape index (κ2) is 8.39. The third-order valence-electron chi connectivity index (χ3n) is 4.73. The molecule has 0 saturated carbocycles. The molecule has 0 radical (unpaired) electrons. The number of aryl methyl sites for hydroxylation is 1. The van der Waals surface area contributed by atoms with E-state index in [-0.39, 0.29) is 22.7 Å². The van der Waals surface area contributed by atoms with Gasteiger partial charge in [0.15, 0.2) is 0 Å². The van der Waals surface area contributed by atoms with Gasteiger partial charge in [-0.2, -0.15) is 19.1 Å². The highest BCUT2D eigenvalue weighted by Gasteiger charge is 2.16. The van der Waals surface area contributed by atoms with Gasteiger partial charge in [-0.15, -0.1) is 0 Å². The summed E-state index contributed by atoms with van der Waals surface area (Å²) < 4.78 is 45.8. The van der Waals surface area contributed by atoms with Gasteiger partial charge in [0.1, 0.15) is 17.4 Å². The van der Waals surface area contributed by atoms with Crippen LogP contribution in [0.25, 0.3) is 27.9 Å². The van der Waals surface area contributed by atoms with Crippen LogP contribution in [-0.4, -0.2) is 25.9 Å². The first-order valence-electron chi connectivity index (χ1n) is 9.23. The van der Waals surface area contributed by atoms with Crippen molar-refractivity contribution in [1.29, 1.82) is 5.26 Å². The fourth-order valence-corrected chi connectivity index (χ4v) is 3.21. The molecular weight excluding hydrogens is 423 g/mol. The minimum Gasteiger partial charge on any atom is -0.417 e. The third kappa shape index (κ3) is 3.96. The predicted octanol–water partition coefficient (Wildman–Crippen LogP) is 3.91. The van der Waals surface area contributed by atoms with Gasteiger partial charge >= 0.3 is 6.61 Å². The molecule has 7 nitrogen and oxygen atoms in total. The Morgan fingerprint density at radius 3 is 2.59 bits per heavy atom. The van der Waals surface area contributed by atoms with Gasteiger partial charge in [0, 0.05) is 54.5 Å². The summed E-state index contributed by atoms with van der Waals surface area (Å²) in [5.74, 6) is -0.917. The standard InChI is InChI=1S/C22H14F3N5O2/c1-29-12-17(14-10-28-30(11-14)19-4-2-3-18(23)16(19)8-26)15(7-21(29)31)13-5-6-20(27-9-13)32-22(24)25/h2-7,9-12,22H,1H3. The molecule has 3 aromatic heterocycles. The number of ether oxygens (including phenoxy) is 1. The van der Waals surface area contributed by atoms with E-state index in [0.29, 0.717) is 22.3 Å². The minimum absolute atomic E-state index is 0.151. The van der Waals surface area contributed by atoms with Gasteiger partial charge in [0.05, 0.1) is 11.9 Å². The molecule has 0 saturated heterocycles. The third-order valence-corrected chi connectivity index (χ3v) is 4.73. The molecule has 0 aliphatic heterocycles. The molecule has 4 rings (SSSR count). The summed E-state index contributed by atoms with van der Waals surface area (Å²) in [6.07, 6.45) is 6.03. The van der Waals surface area contributed by atoms with E-state index in [1.54, 1.807) is 25.5 Å². The van der Waals surface area contributed by atoms with Crippen molar-refractivity contribution in [1.82, 2.24) is 19.3 Å². The van der Waals surface area contributed by atoms with Gasteiger partial charge in [0.25, 0.3) is 5.56 Å². The molecule has 0 aliphatic carbocycles. The summed E-state index contributed by atoms with van der Waals surface area (Å²) >= 11 is 0. The van der Waals surface area contributed by atoms with Crippen molar-refractivity contribution in [2.24, 2.45) is 7.05 Å². The van der Waals surface area contributed by atoms with Crippen molar-refractivity contribution < 1.29 is 17.9 Å². The number of nitriles is 1. The largest absolute Gasteiger partial charge is 0.417 e. The summed E-state index contributed by atoms with van der Waals surface area (Å²) in [5, 5.41) is 13.5. The highest BCUT2D eigenvalue weighted by molar-refractivity contribution is 5.82. The normalized spacial score (nSPS) is 10.9. The SMILES string of the molecule is Cn1cc(-c2cnn(-c3cccc(F)c3C#N)c2)c(-c2ccc(OC(F)F)nc2)cc1=O. The molecule has 0 aliphatic rings. The van der Waals surface area contributed by atoms with Crippen LogP contribution in [0.5, 0.6) is 5.88 Å². The first kappa shape index (κ1) is 20.9. The zero-order valence-electron chi connectivity index (χ0n) is 16.5. The number of hydrogen-bond donors (Lipinski definition) is 0. The highest BCUT2D eigenvalue weighted by Crippen LogP contribution is 2.32. The number of aromatic nitrogens is 4. The topological polar surface area (TPSA) is 85.7 Å². The molecule has 160 valence electrons. The number of alkyl halides is 2. The van der Waals surface area contributed by atoms with Crippen LogP contribution in [0.2, 0.25) is 0 Å². The Morgan fingerprint density at radius 1 is 1.09 bits per heavy atom. The maximum absolute atomic E-state index is 14.0. The number of benzene rings is 1. The molecule has 0 spiro atoms. The maximum atomic E-state index is 14.0. The van der Waals surface area contributed by atoms with Crippen molar-refractivity contribution in [3.05, 3.63) is 82.9 Å². The molecule has 0 unspecified atom stereocenters. The van der Waals surface area contributed by atoms with Gasteiger partial charge in [-0.25, -0.2) is 14.1 Å².